The molecule has 9 heteroatoms. The molecular weight excluding hydrogens is 460 g/mol. The molecular formula is C24H29ClN4O3S. The zero-order valence-corrected chi connectivity index (χ0v) is 20.2. The Kier molecular flexibility index (Phi) is 7.06. The normalized spacial score (nSPS) is 20.4. The fourth-order valence-electron chi connectivity index (χ4n) is 4.65. The van der Waals surface area contributed by atoms with Crippen LogP contribution < -0.4 is 4.90 Å². The molecule has 7 nitrogen and oxygen atoms in total. The lowest BCUT2D eigenvalue weighted by Crippen LogP contribution is -2.45. The number of ether oxygens (including phenoxy) is 2. The number of piperidine rings is 2. The fraction of sp³-hybridized carbons (Fsp3) is 0.542. The van der Waals surface area contributed by atoms with Gasteiger partial charge in [0.2, 0.25) is 0 Å². The highest BCUT2D eigenvalue weighted by Crippen LogP contribution is 2.34. The van der Waals surface area contributed by atoms with Crippen LogP contribution in [0.25, 0.3) is 0 Å². The van der Waals surface area contributed by atoms with Gasteiger partial charge in [0, 0.05) is 56.4 Å². The summed E-state index contributed by atoms with van der Waals surface area (Å²) in [5.74, 6) is 1.27. The van der Waals surface area contributed by atoms with Crippen LogP contribution in [0.4, 0.5) is 5.82 Å². The Morgan fingerprint density at radius 2 is 1.70 bits per heavy atom. The van der Waals surface area contributed by atoms with Crippen molar-refractivity contribution in [2.24, 2.45) is 0 Å². The maximum atomic E-state index is 12.7. The molecule has 3 saturated heterocycles. The largest absolute Gasteiger partial charge is 0.356 e. The van der Waals surface area contributed by atoms with Gasteiger partial charge in [-0.05, 0) is 37.0 Å². The van der Waals surface area contributed by atoms with E-state index in [1.54, 1.807) is 11.8 Å². The van der Waals surface area contributed by atoms with Gasteiger partial charge in [0.25, 0.3) is 5.91 Å². The predicted molar refractivity (Wildman–Crippen MR) is 129 cm³/mol. The number of rotatable bonds is 5. The van der Waals surface area contributed by atoms with Crippen LogP contribution >= 0.6 is 23.4 Å². The van der Waals surface area contributed by atoms with E-state index in [1.807, 2.05) is 35.2 Å². The van der Waals surface area contributed by atoms with Crippen LogP contribution in [0.1, 0.15) is 48.0 Å². The van der Waals surface area contributed by atoms with Gasteiger partial charge in [-0.1, -0.05) is 35.5 Å². The molecule has 0 unspecified atom stereocenters. The van der Waals surface area contributed by atoms with Crippen LogP contribution in [0.5, 0.6) is 0 Å². The molecule has 0 aliphatic carbocycles. The number of amides is 1. The summed E-state index contributed by atoms with van der Waals surface area (Å²) in [6, 6.07) is 9.70. The van der Waals surface area contributed by atoms with Crippen LogP contribution in [0, 0.1) is 0 Å². The summed E-state index contributed by atoms with van der Waals surface area (Å²) in [6.07, 6.45) is 5.05. The number of benzene rings is 1. The van der Waals surface area contributed by atoms with Crippen molar-refractivity contribution in [1.82, 2.24) is 14.9 Å². The summed E-state index contributed by atoms with van der Waals surface area (Å²) in [5.41, 5.74) is 1.88. The smallest absolute Gasteiger partial charge is 0.253 e. The Hall–Kier alpha value is -1.87. The molecule has 1 amide bonds. The van der Waals surface area contributed by atoms with Crippen molar-refractivity contribution >= 4 is 35.1 Å². The highest BCUT2D eigenvalue weighted by molar-refractivity contribution is 7.98. The van der Waals surface area contributed by atoms with Crippen LogP contribution in [-0.4, -0.2) is 66.0 Å². The molecule has 33 heavy (non-hydrogen) atoms. The number of carbonyl (C=O) groups excluding carboxylic acids is 1. The number of hydrogen-bond acceptors (Lipinski definition) is 7. The molecule has 2 aromatic rings. The number of anilines is 1. The van der Waals surface area contributed by atoms with Crippen molar-refractivity contribution < 1.29 is 14.3 Å². The van der Waals surface area contributed by atoms with Gasteiger partial charge in [0.1, 0.15) is 11.0 Å². The average molecular weight is 489 g/mol. The van der Waals surface area contributed by atoms with Gasteiger partial charge in [-0.3, -0.25) is 4.79 Å². The molecule has 4 heterocycles. The first-order valence-corrected chi connectivity index (χ1v) is 13.1. The van der Waals surface area contributed by atoms with E-state index in [1.165, 1.54) is 6.42 Å². The molecule has 1 aromatic heterocycles. The summed E-state index contributed by atoms with van der Waals surface area (Å²) >= 11 is 7.87. The predicted octanol–water partition coefficient (Wildman–Crippen LogP) is 4.39. The average Bonchev–Trinajstić information content (AvgIpc) is 3.31. The molecule has 0 radical (unpaired) electrons. The van der Waals surface area contributed by atoms with E-state index in [4.69, 9.17) is 26.1 Å². The summed E-state index contributed by atoms with van der Waals surface area (Å²) in [7, 11) is 0. The zero-order chi connectivity index (χ0) is 22.7. The van der Waals surface area contributed by atoms with Crippen molar-refractivity contribution in [3.8, 4) is 0 Å². The van der Waals surface area contributed by atoms with Crippen molar-refractivity contribution in [2.75, 3.05) is 44.3 Å². The van der Waals surface area contributed by atoms with Crippen molar-refractivity contribution in [2.45, 2.75) is 48.8 Å². The van der Waals surface area contributed by atoms with Gasteiger partial charge in [0.15, 0.2) is 10.9 Å². The molecule has 1 aromatic carbocycles. The Balaban J connectivity index is 1.18. The van der Waals surface area contributed by atoms with E-state index in [-0.39, 0.29) is 5.91 Å². The van der Waals surface area contributed by atoms with Gasteiger partial charge in [0.05, 0.1) is 13.2 Å². The van der Waals surface area contributed by atoms with E-state index >= 15 is 0 Å². The van der Waals surface area contributed by atoms with Crippen LogP contribution in [0.15, 0.2) is 35.5 Å². The number of nitrogens with zero attached hydrogens (tertiary/aromatic N) is 4. The minimum absolute atomic E-state index is 0.133. The van der Waals surface area contributed by atoms with E-state index in [0.717, 1.165) is 68.8 Å². The first kappa shape index (κ1) is 22.9. The topological polar surface area (TPSA) is 67.8 Å². The van der Waals surface area contributed by atoms with E-state index in [0.29, 0.717) is 29.3 Å². The molecule has 1 spiro atoms. The number of likely N-dealkylation sites (tertiary alicyclic amines) is 1. The van der Waals surface area contributed by atoms with Gasteiger partial charge < -0.3 is 19.3 Å². The Morgan fingerprint density at radius 3 is 2.39 bits per heavy atom. The van der Waals surface area contributed by atoms with Crippen molar-refractivity contribution in [1.29, 1.82) is 0 Å². The lowest BCUT2D eigenvalue weighted by Gasteiger charge is -2.38. The van der Waals surface area contributed by atoms with Gasteiger partial charge in [-0.25, -0.2) is 9.97 Å². The second kappa shape index (κ2) is 10.2. The molecule has 176 valence electrons. The second-order valence-corrected chi connectivity index (χ2v) is 10.1. The number of halogens is 1. The second-order valence-electron chi connectivity index (χ2n) is 8.76. The molecule has 0 atom stereocenters. The van der Waals surface area contributed by atoms with Gasteiger partial charge >= 0.3 is 0 Å². The molecule has 0 N–H and O–H groups in total. The lowest BCUT2D eigenvalue weighted by molar-refractivity contribution is -0.169. The maximum absolute atomic E-state index is 12.7. The first-order valence-electron chi connectivity index (χ1n) is 11.7. The number of hydrogen-bond donors (Lipinski definition) is 0. The Morgan fingerprint density at radius 1 is 1.00 bits per heavy atom. The quantitative estimate of drug-likeness (QED) is 0.351. The highest BCUT2D eigenvalue weighted by Gasteiger charge is 2.40. The minimum atomic E-state index is -0.410. The molecule has 0 saturated carbocycles. The maximum Gasteiger partial charge on any atom is 0.253 e. The molecule has 3 fully saturated rings. The summed E-state index contributed by atoms with van der Waals surface area (Å²) in [5, 5.41) is 1.10. The third-order valence-electron chi connectivity index (χ3n) is 6.54. The molecule has 3 aliphatic heterocycles. The number of thioether (sulfide) groups is 1. The monoisotopic (exact) mass is 488 g/mol. The van der Waals surface area contributed by atoms with Gasteiger partial charge in [-0.2, -0.15) is 0 Å². The number of aromatic nitrogens is 2. The van der Waals surface area contributed by atoms with E-state index in [2.05, 4.69) is 9.88 Å². The Bertz CT molecular complexity index is 968. The lowest BCUT2D eigenvalue weighted by atomic mass is 10.0. The Labute approximate surface area is 203 Å². The third kappa shape index (κ3) is 5.45. The van der Waals surface area contributed by atoms with E-state index < -0.39 is 5.79 Å². The van der Waals surface area contributed by atoms with Crippen LogP contribution in [-0.2, 0) is 15.2 Å². The molecule has 3 aliphatic rings. The highest BCUT2D eigenvalue weighted by atomic mass is 35.5. The standard InChI is InChI=1S/C24H29ClN4O3S/c25-20-16-21(28-12-8-24(9-13-28)31-14-15-32-24)27-23(26-20)33-17-18-4-6-19(7-5-18)22(30)29-10-2-1-3-11-29/h4-7,16H,1-3,8-15,17H2. The van der Waals surface area contributed by atoms with Crippen LogP contribution in [0.2, 0.25) is 5.15 Å². The van der Waals surface area contributed by atoms with Crippen molar-refractivity contribution in [3.05, 3.63) is 46.6 Å². The fourth-order valence-corrected chi connectivity index (χ4v) is 5.68. The van der Waals surface area contributed by atoms with E-state index in [9.17, 15) is 4.79 Å². The molecule has 0 bridgehead atoms. The summed E-state index contributed by atoms with van der Waals surface area (Å²) in [6.45, 7) is 4.70. The van der Waals surface area contributed by atoms with Crippen molar-refractivity contribution in [3.63, 3.8) is 0 Å². The summed E-state index contributed by atoms with van der Waals surface area (Å²) < 4.78 is 11.6. The minimum Gasteiger partial charge on any atom is -0.356 e. The SMILES string of the molecule is O=C(c1ccc(CSc2nc(Cl)cc(N3CCC4(CC3)OCCO4)n2)cc1)N1CCCCC1. The zero-order valence-electron chi connectivity index (χ0n) is 18.7. The number of carbonyl (C=O) groups is 1. The summed E-state index contributed by atoms with van der Waals surface area (Å²) in [4.78, 5) is 26.0. The van der Waals surface area contributed by atoms with Gasteiger partial charge in [-0.15, -0.1) is 0 Å². The first-order chi connectivity index (χ1) is 16.1. The molecule has 5 rings (SSSR count). The third-order valence-corrected chi connectivity index (χ3v) is 7.65. The van der Waals surface area contributed by atoms with Crippen LogP contribution in [0.3, 0.4) is 0 Å².